The van der Waals surface area contributed by atoms with Crippen LogP contribution in [0.4, 0.5) is 0 Å². The maximum Gasteiger partial charge on any atom is 0.161 e. The number of benzene rings is 1. The van der Waals surface area contributed by atoms with Crippen molar-refractivity contribution in [3.8, 4) is 0 Å². The zero-order chi connectivity index (χ0) is 13.2. The second kappa shape index (κ2) is 4.74. The normalized spacial score (nSPS) is 12.5. The van der Waals surface area contributed by atoms with Crippen LogP contribution < -0.4 is 0 Å². The SMILES string of the molecule is Cc1cnc(C(O)c2cccc3ncccc23)nc1. The second-order valence-corrected chi connectivity index (χ2v) is 4.44. The molecule has 0 bridgehead atoms. The van der Waals surface area contributed by atoms with E-state index in [0.717, 1.165) is 22.0 Å². The summed E-state index contributed by atoms with van der Waals surface area (Å²) in [6.45, 7) is 1.91. The van der Waals surface area contributed by atoms with Crippen LogP contribution in [-0.2, 0) is 0 Å². The summed E-state index contributed by atoms with van der Waals surface area (Å²) in [5.74, 6) is 0.405. The van der Waals surface area contributed by atoms with E-state index in [2.05, 4.69) is 15.0 Å². The molecule has 1 atom stereocenters. The van der Waals surface area contributed by atoms with E-state index < -0.39 is 6.10 Å². The summed E-state index contributed by atoms with van der Waals surface area (Å²) in [5, 5.41) is 11.3. The highest BCUT2D eigenvalue weighted by atomic mass is 16.3. The van der Waals surface area contributed by atoms with E-state index in [-0.39, 0.29) is 0 Å². The third-order valence-corrected chi connectivity index (χ3v) is 3.02. The first-order chi connectivity index (χ1) is 9.25. The lowest BCUT2D eigenvalue weighted by molar-refractivity contribution is 0.211. The van der Waals surface area contributed by atoms with Gasteiger partial charge in [0.15, 0.2) is 5.82 Å². The number of aliphatic hydroxyl groups is 1. The summed E-state index contributed by atoms with van der Waals surface area (Å²) >= 11 is 0. The highest BCUT2D eigenvalue weighted by Gasteiger charge is 2.15. The Labute approximate surface area is 110 Å². The number of hydrogen-bond acceptors (Lipinski definition) is 4. The molecule has 3 rings (SSSR count). The summed E-state index contributed by atoms with van der Waals surface area (Å²) in [4.78, 5) is 12.6. The fourth-order valence-electron chi connectivity index (χ4n) is 2.05. The molecule has 0 spiro atoms. The van der Waals surface area contributed by atoms with Crippen molar-refractivity contribution >= 4 is 10.9 Å². The minimum atomic E-state index is -0.839. The van der Waals surface area contributed by atoms with Crippen molar-refractivity contribution in [3.05, 3.63) is 65.9 Å². The van der Waals surface area contributed by atoms with Gasteiger partial charge in [0.1, 0.15) is 6.10 Å². The third-order valence-electron chi connectivity index (χ3n) is 3.02. The quantitative estimate of drug-likeness (QED) is 0.760. The van der Waals surface area contributed by atoms with E-state index in [4.69, 9.17) is 0 Å². The van der Waals surface area contributed by atoms with Gasteiger partial charge < -0.3 is 5.11 Å². The average Bonchev–Trinajstić information content (AvgIpc) is 2.47. The predicted octanol–water partition coefficient (Wildman–Crippen LogP) is 2.41. The Hall–Kier alpha value is -2.33. The number of rotatable bonds is 2. The molecule has 2 aromatic heterocycles. The van der Waals surface area contributed by atoms with Crippen LogP contribution in [0.25, 0.3) is 10.9 Å². The van der Waals surface area contributed by atoms with E-state index >= 15 is 0 Å². The van der Waals surface area contributed by atoms with E-state index in [1.807, 2.05) is 37.3 Å². The molecule has 4 heteroatoms. The number of hydrogen-bond donors (Lipinski definition) is 1. The Morgan fingerprint density at radius 2 is 1.79 bits per heavy atom. The van der Waals surface area contributed by atoms with Gasteiger partial charge in [-0.2, -0.15) is 0 Å². The number of pyridine rings is 1. The van der Waals surface area contributed by atoms with Gasteiger partial charge in [0.05, 0.1) is 5.52 Å². The Bertz CT molecular complexity index is 705. The van der Waals surface area contributed by atoms with Gasteiger partial charge in [-0.1, -0.05) is 18.2 Å². The van der Waals surface area contributed by atoms with Gasteiger partial charge in [0.25, 0.3) is 0 Å². The maximum absolute atomic E-state index is 10.4. The monoisotopic (exact) mass is 251 g/mol. The van der Waals surface area contributed by atoms with Crippen molar-refractivity contribution in [2.75, 3.05) is 0 Å². The zero-order valence-electron chi connectivity index (χ0n) is 10.5. The molecule has 19 heavy (non-hydrogen) atoms. The van der Waals surface area contributed by atoms with Crippen molar-refractivity contribution in [1.29, 1.82) is 0 Å². The van der Waals surface area contributed by atoms with E-state index in [1.54, 1.807) is 18.6 Å². The van der Waals surface area contributed by atoms with Gasteiger partial charge in [-0.15, -0.1) is 0 Å². The average molecular weight is 251 g/mol. The summed E-state index contributed by atoms with van der Waals surface area (Å²) in [6, 6.07) is 9.46. The number of aromatic nitrogens is 3. The Balaban J connectivity index is 2.11. The number of fused-ring (bicyclic) bond motifs is 1. The van der Waals surface area contributed by atoms with Crippen LogP contribution in [0.5, 0.6) is 0 Å². The van der Waals surface area contributed by atoms with Crippen LogP contribution in [0.2, 0.25) is 0 Å². The molecule has 2 heterocycles. The molecule has 4 nitrogen and oxygen atoms in total. The molecule has 94 valence electrons. The molecule has 0 aliphatic heterocycles. The van der Waals surface area contributed by atoms with Crippen LogP contribution in [-0.4, -0.2) is 20.1 Å². The molecule has 0 saturated carbocycles. The van der Waals surface area contributed by atoms with E-state index in [0.29, 0.717) is 5.82 Å². The van der Waals surface area contributed by atoms with Crippen LogP contribution in [0.1, 0.15) is 23.1 Å². The molecule has 0 fully saturated rings. The van der Waals surface area contributed by atoms with Gasteiger partial charge in [0.2, 0.25) is 0 Å². The summed E-state index contributed by atoms with van der Waals surface area (Å²) in [5.41, 5.74) is 2.59. The van der Waals surface area contributed by atoms with E-state index in [9.17, 15) is 5.11 Å². The molecule has 0 radical (unpaired) electrons. The summed E-state index contributed by atoms with van der Waals surface area (Å²) in [7, 11) is 0. The van der Waals surface area contributed by atoms with Crippen LogP contribution in [0.3, 0.4) is 0 Å². The highest BCUT2D eigenvalue weighted by Crippen LogP contribution is 2.25. The molecule has 1 N–H and O–H groups in total. The van der Waals surface area contributed by atoms with Crippen molar-refractivity contribution in [2.24, 2.45) is 0 Å². The lowest BCUT2D eigenvalue weighted by Gasteiger charge is -2.12. The third kappa shape index (κ3) is 2.18. The van der Waals surface area contributed by atoms with Crippen LogP contribution in [0.15, 0.2) is 48.9 Å². The lowest BCUT2D eigenvalue weighted by atomic mass is 10.0. The van der Waals surface area contributed by atoms with Crippen molar-refractivity contribution in [2.45, 2.75) is 13.0 Å². The molecule has 0 saturated heterocycles. The van der Waals surface area contributed by atoms with Gasteiger partial charge in [-0.05, 0) is 30.2 Å². The molecule has 1 unspecified atom stereocenters. The van der Waals surface area contributed by atoms with Crippen molar-refractivity contribution in [3.63, 3.8) is 0 Å². The summed E-state index contributed by atoms with van der Waals surface area (Å²) < 4.78 is 0. The minimum Gasteiger partial charge on any atom is -0.380 e. The first-order valence-corrected chi connectivity index (χ1v) is 6.06. The van der Waals surface area contributed by atoms with Gasteiger partial charge in [0, 0.05) is 24.0 Å². The van der Waals surface area contributed by atoms with Gasteiger partial charge >= 0.3 is 0 Å². The second-order valence-electron chi connectivity index (χ2n) is 4.44. The minimum absolute atomic E-state index is 0.405. The molecule has 0 aliphatic carbocycles. The molecule has 1 aromatic carbocycles. The molecule has 0 aliphatic rings. The topological polar surface area (TPSA) is 58.9 Å². The summed E-state index contributed by atoms with van der Waals surface area (Å²) in [6.07, 6.45) is 4.30. The fourth-order valence-corrected chi connectivity index (χ4v) is 2.05. The van der Waals surface area contributed by atoms with Crippen LogP contribution in [0, 0.1) is 6.92 Å². The largest absolute Gasteiger partial charge is 0.380 e. The van der Waals surface area contributed by atoms with Gasteiger partial charge in [-0.25, -0.2) is 9.97 Å². The fraction of sp³-hybridized carbons (Fsp3) is 0.133. The predicted molar refractivity (Wildman–Crippen MR) is 72.6 cm³/mol. The number of aryl methyl sites for hydroxylation is 1. The molecular weight excluding hydrogens is 238 g/mol. The first-order valence-electron chi connectivity index (χ1n) is 6.06. The smallest absolute Gasteiger partial charge is 0.161 e. The Kier molecular flexibility index (Phi) is 2.93. The maximum atomic E-state index is 10.4. The van der Waals surface area contributed by atoms with Crippen LogP contribution >= 0.6 is 0 Å². The molecule has 0 amide bonds. The number of aliphatic hydroxyl groups excluding tert-OH is 1. The first kappa shape index (κ1) is 11.7. The van der Waals surface area contributed by atoms with Crippen molar-refractivity contribution < 1.29 is 5.11 Å². The zero-order valence-corrected chi connectivity index (χ0v) is 10.5. The highest BCUT2D eigenvalue weighted by molar-refractivity contribution is 5.82. The van der Waals surface area contributed by atoms with E-state index in [1.165, 1.54) is 0 Å². The standard InChI is InChI=1S/C15H13N3O/c1-10-8-17-15(18-9-10)14(19)12-4-2-6-13-11(12)5-3-7-16-13/h2-9,14,19H,1H3. The lowest BCUT2D eigenvalue weighted by Crippen LogP contribution is -2.06. The molecular formula is C15H13N3O. The van der Waals surface area contributed by atoms with Gasteiger partial charge in [-0.3, -0.25) is 4.98 Å². The Morgan fingerprint density at radius 3 is 2.58 bits per heavy atom. The number of nitrogens with zero attached hydrogens (tertiary/aromatic N) is 3. The van der Waals surface area contributed by atoms with Crippen molar-refractivity contribution in [1.82, 2.24) is 15.0 Å². The Morgan fingerprint density at radius 1 is 1.00 bits per heavy atom. The molecule has 3 aromatic rings.